The summed E-state index contributed by atoms with van der Waals surface area (Å²) in [5.74, 6) is -0.927. The molecule has 1 unspecified atom stereocenters. The predicted octanol–water partition coefficient (Wildman–Crippen LogP) is -2.31. The van der Waals surface area contributed by atoms with Gasteiger partial charge in [0.25, 0.3) is 0 Å². The van der Waals surface area contributed by atoms with E-state index < -0.39 is 5.91 Å². The fourth-order valence-electron chi connectivity index (χ4n) is 0.764. The molecule has 0 aliphatic heterocycles. The van der Waals surface area contributed by atoms with Gasteiger partial charge < -0.3 is 21.9 Å². The number of amides is 2. The van der Waals surface area contributed by atoms with E-state index in [-0.39, 0.29) is 31.5 Å². The molecule has 0 heterocycles. The van der Waals surface area contributed by atoms with E-state index >= 15 is 0 Å². The van der Waals surface area contributed by atoms with Crippen molar-refractivity contribution in [2.45, 2.75) is 18.9 Å². The lowest BCUT2D eigenvalue weighted by atomic mass is 10.1. The van der Waals surface area contributed by atoms with Gasteiger partial charge in [0.05, 0.1) is 6.54 Å². The van der Waals surface area contributed by atoms with Crippen LogP contribution in [0.1, 0.15) is 12.8 Å². The first kappa shape index (κ1) is 11.9. The summed E-state index contributed by atoms with van der Waals surface area (Å²) in [7, 11) is 0. The lowest BCUT2D eigenvalue weighted by Crippen LogP contribution is -2.37. The largest absolute Gasteiger partial charge is 0.396 e. The maximum Gasteiger partial charge on any atom is 0.236 e. The average molecular weight is 189 g/mol. The minimum Gasteiger partial charge on any atom is -0.396 e. The number of rotatable bonds is 6. The standard InChI is InChI=1S/C7H15N3O3/c8-5(1-2-11)3-7(13)10-4-6(9)12/h5,11H,1-4,8H2,(H2,9,12)(H,10,13). The molecule has 0 aromatic rings. The van der Waals surface area contributed by atoms with E-state index in [0.29, 0.717) is 6.42 Å². The van der Waals surface area contributed by atoms with Crippen molar-refractivity contribution >= 4 is 11.8 Å². The summed E-state index contributed by atoms with van der Waals surface area (Å²) in [5.41, 5.74) is 10.3. The van der Waals surface area contributed by atoms with Gasteiger partial charge in [-0.05, 0) is 6.42 Å². The van der Waals surface area contributed by atoms with E-state index in [1.165, 1.54) is 0 Å². The Hall–Kier alpha value is -1.14. The van der Waals surface area contributed by atoms with Crippen LogP contribution in [-0.4, -0.2) is 36.1 Å². The maximum absolute atomic E-state index is 11.0. The van der Waals surface area contributed by atoms with Gasteiger partial charge in [-0.2, -0.15) is 0 Å². The van der Waals surface area contributed by atoms with E-state index in [0.717, 1.165) is 0 Å². The molecule has 6 nitrogen and oxygen atoms in total. The highest BCUT2D eigenvalue weighted by molar-refractivity contribution is 5.83. The number of aliphatic hydroxyl groups excluding tert-OH is 1. The van der Waals surface area contributed by atoms with Crippen LogP contribution in [0.25, 0.3) is 0 Å². The molecule has 2 amide bonds. The monoisotopic (exact) mass is 189 g/mol. The Balaban J connectivity index is 3.55. The average Bonchev–Trinajstić information content (AvgIpc) is 2.01. The van der Waals surface area contributed by atoms with Crippen LogP contribution in [0.4, 0.5) is 0 Å². The predicted molar refractivity (Wildman–Crippen MR) is 46.5 cm³/mol. The molecule has 0 saturated heterocycles. The number of nitrogens with two attached hydrogens (primary N) is 2. The summed E-state index contributed by atoms with van der Waals surface area (Å²) in [6, 6.07) is -0.377. The highest BCUT2D eigenvalue weighted by atomic mass is 16.3. The zero-order valence-electron chi connectivity index (χ0n) is 7.32. The van der Waals surface area contributed by atoms with Gasteiger partial charge in [-0.25, -0.2) is 0 Å². The molecule has 0 fully saturated rings. The third-order valence-electron chi connectivity index (χ3n) is 1.41. The number of hydrogen-bond acceptors (Lipinski definition) is 4. The van der Waals surface area contributed by atoms with Gasteiger partial charge in [-0.3, -0.25) is 9.59 Å². The summed E-state index contributed by atoms with van der Waals surface area (Å²) >= 11 is 0. The minimum atomic E-state index is -0.593. The molecule has 0 aromatic heterocycles. The number of carbonyl (C=O) groups excluding carboxylic acids is 2. The fraction of sp³-hybridized carbons (Fsp3) is 0.714. The second-order valence-electron chi connectivity index (χ2n) is 2.72. The maximum atomic E-state index is 11.0. The van der Waals surface area contributed by atoms with Gasteiger partial charge in [-0.15, -0.1) is 0 Å². The zero-order chi connectivity index (χ0) is 10.3. The number of aliphatic hydroxyl groups is 1. The molecule has 76 valence electrons. The van der Waals surface area contributed by atoms with Crippen molar-refractivity contribution in [3.63, 3.8) is 0 Å². The Morgan fingerprint density at radius 3 is 2.54 bits per heavy atom. The summed E-state index contributed by atoms with van der Waals surface area (Å²) in [5, 5.41) is 10.8. The Morgan fingerprint density at radius 2 is 2.08 bits per heavy atom. The van der Waals surface area contributed by atoms with E-state index in [1.807, 2.05) is 0 Å². The summed E-state index contributed by atoms with van der Waals surface area (Å²) in [4.78, 5) is 21.2. The van der Waals surface area contributed by atoms with Gasteiger partial charge in [-0.1, -0.05) is 0 Å². The van der Waals surface area contributed by atoms with Gasteiger partial charge in [0.1, 0.15) is 0 Å². The molecular formula is C7H15N3O3. The van der Waals surface area contributed by atoms with Gasteiger partial charge in [0, 0.05) is 19.1 Å². The van der Waals surface area contributed by atoms with Crippen LogP contribution in [-0.2, 0) is 9.59 Å². The third kappa shape index (κ3) is 7.23. The smallest absolute Gasteiger partial charge is 0.236 e. The van der Waals surface area contributed by atoms with Crippen molar-refractivity contribution in [1.82, 2.24) is 5.32 Å². The zero-order valence-corrected chi connectivity index (χ0v) is 7.32. The van der Waals surface area contributed by atoms with Crippen molar-refractivity contribution in [3.05, 3.63) is 0 Å². The molecule has 0 aliphatic carbocycles. The molecule has 0 aliphatic rings. The van der Waals surface area contributed by atoms with Crippen molar-refractivity contribution in [1.29, 1.82) is 0 Å². The van der Waals surface area contributed by atoms with Crippen LogP contribution in [0.15, 0.2) is 0 Å². The lowest BCUT2D eigenvalue weighted by molar-refractivity contribution is -0.125. The van der Waals surface area contributed by atoms with Crippen LogP contribution in [0.3, 0.4) is 0 Å². The summed E-state index contributed by atoms with van der Waals surface area (Å²) in [6.45, 7) is -0.227. The lowest BCUT2D eigenvalue weighted by Gasteiger charge is -2.08. The van der Waals surface area contributed by atoms with Crippen LogP contribution in [0, 0.1) is 0 Å². The van der Waals surface area contributed by atoms with Crippen molar-refractivity contribution < 1.29 is 14.7 Å². The fourth-order valence-corrected chi connectivity index (χ4v) is 0.764. The molecule has 13 heavy (non-hydrogen) atoms. The first-order valence-electron chi connectivity index (χ1n) is 3.97. The van der Waals surface area contributed by atoms with E-state index in [9.17, 15) is 9.59 Å². The number of hydrogen-bond donors (Lipinski definition) is 4. The van der Waals surface area contributed by atoms with E-state index in [1.54, 1.807) is 0 Å². The van der Waals surface area contributed by atoms with Crippen LogP contribution >= 0.6 is 0 Å². The molecule has 0 saturated carbocycles. The molecule has 0 radical (unpaired) electrons. The first-order chi connectivity index (χ1) is 6.06. The molecule has 0 aromatic carbocycles. The highest BCUT2D eigenvalue weighted by Crippen LogP contribution is 1.92. The van der Waals surface area contributed by atoms with E-state index in [2.05, 4.69) is 5.32 Å². The molecule has 0 rings (SSSR count). The van der Waals surface area contributed by atoms with Crippen LogP contribution < -0.4 is 16.8 Å². The molecule has 0 bridgehead atoms. The highest BCUT2D eigenvalue weighted by Gasteiger charge is 2.08. The molecule has 1 atom stereocenters. The molecular weight excluding hydrogens is 174 g/mol. The third-order valence-corrected chi connectivity index (χ3v) is 1.41. The molecule has 6 N–H and O–H groups in total. The Morgan fingerprint density at radius 1 is 1.46 bits per heavy atom. The Kier molecular flexibility index (Phi) is 5.82. The Labute approximate surface area is 76.3 Å². The minimum absolute atomic E-state index is 0.0513. The topological polar surface area (TPSA) is 118 Å². The SMILES string of the molecule is NC(=O)CNC(=O)CC(N)CCO. The molecule has 0 spiro atoms. The number of carbonyl (C=O) groups is 2. The van der Waals surface area contributed by atoms with Crippen molar-refractivity contribution in [2.75, 3.05) is 13.2 Å². The first-order valence-corrected chi connectivity index (χ1v) is 3.97. The van der Waals surface area contributed by atoms with Gasteiger partial charge in [0.15, 0.2) is 0 Å². The van der Waals surface area contributed by atoms with Crippen LogP contribution in [0.5, 0.6) is 0 Å². The quantitative estimate of drug-likeness (QED) is 0.375. The second-order valence-corrected chi connectivity index (χ2v) is 2.72. The molecule has 6 heteroatoms. The summed E-state index contributed by atoms with van der Waals surface area (Å²) in [6.07, 6.45) is 0.456. The number of primary amides is 1. The van der Waals surface area contributed by atoms with Gasteiger partial charge in [0.2, 0.25) is 11.8 Å². The van der Waals surface area contributed by atoms with E-state index in [4.69, 9.17) is 16.6 Å². The Bertz CT molecular complexity index is 184. The van der Waals surface area contributed by atoms with Gasteiger partial charge >= 0.3 is 0 Å². The van der Waals surface area contributed by atoms with Crippen molar-refractivity contribution in [3.8, 4) is 0 Å². The van der Waals surface area contributed by atoms with Crippen LogP contribution in [0.2, 0.25) is 0 Å². The summed E-state index contributed by atoms with van der Waals surface area (Å²) < 4.78 is 0. The second kappa shape index (κ2) is 6.38. The number of nitrogens with one attached hydrogen (secondary N) is 1. The van der Waals surface area contributed by atoms with Crippen molar-refractivity contribution in [2.24, 2.45) is 11.5 Å². The normalized spacial score (nSPS) is 12.2.